The molecule has 0 spiro atoms. The molecule has 0 aliphatic heterocycles. The molecule has 0 atom stereocenters. The van der Waals surface area contributed by atoms with Gasteiger partial charge in [-0.3, -0.25) is 4.79 Å². The van der Waals surface area contributed by atoms with Crippen LogP contribution in [0.25, 0.3) is 0 Å². The molecule has 5 heteroatoms. The van der Waals surface area contributed by atoms with E-state index in [1.165, 1.54) is 12.1 Å². The number of thioether (sulfide) groups is 1. The molecular formula is C13H14BrFO2S. The SMILES string of the molecule is O=C(O)CC1(CSCc2cc(F)ccc2Br)CC1. The molecule has 0 unspecified atom stereocenters. The molecule has 0 amide bonds. The lowest BCUT2D eigenvalue weighted by molar-refractivity contribution is -0.138. The van der Waals surface area contributed by atoms with Crippen LogP contribution in [0.4, 0.5) is 4.39 Å². The highest BCUT2D eigenvalue weighted by molar-refractivity contribution is 9.10. The lowest BCUT2D eigenvalue weighted by Crippen LogP contribution is -2.11. The van der Waals surface area contributed by atoms with Gasteiger partial charge in [-0.15, -0.1) is 0 Å². The molecule has 2 nitrogen and oxygen atoms in total. The maximum absolute atomic E-state index is 13.1. The summed E-state index contributed by atoms with van der Waals surface area (Å²) in [6, 6.07) is 4.65. The zero-order chi connectivity index (χ0) is 13.2. The number of aliphatic carboxylic acids is 1. The molecule has 1 fully saturated rings. The van der Waals surface area contributed by atoms with E-state index in [1.807, 2.05) is 0 Å². The molecule has 0 bridgehead atoms. The van der Waals surface area contributed by atoms with Gasteiger partial charge in [-0.2, -0.15) is 11.8 Å². The smallest absolute Gasteiger partial charge is 0.303 e. The van der Waals surface area contributed by atoms with E-state index >= 15 is 0 Å². The molecule has 0 saturated heterocycles. The normalized spacial score (nSPS) is 16.6. The number of rotatable bonds is 6. The summed E-state index contributed by atoms with van der Waals surface area (Å²) < 4.78 is 14.0. The number of halogens is 2. The molecule has 1 aromatic rings. The molecule has 0 radical (unpaired) electrons. The predicted molar refractivity (Wildman–Crippen MR) is 74.2 cm³/mol. The third-order valence-corrected chi connectivity index (χ3v) is 5.26. The molecule has 2 rings (SSSR count). The first kappa shape index (κ1) is 13.9. The van der Waals surface area contributed by atoms with Gasteiger partial charge in [0.25, 0.3) is 0 Å². The van der Waals surface area contributed by atoms with Gasteiger partial charge in [-0.25, -0.2) is 4.39 Å². The average Bonchev–Trinajstić information content (AvgIpc) is 3.02. The number of benzene rings is 1. The lowest BCUT2D eigenvalue weighted by Gasteiger charge is -2.12. The molecule has 0 heterocycles. The number of hydrogen-bond acceptors (Lipinski definition) is 2. The van der Waals surface area contributed by atoms with Crippen LogP contribution in [0.3, 0.4) is 0 Å². The molecule has 18 heavy (non-hydrogen) atoms. The van der Waals surface area contributed by atoms with Gasteiger partial charge in [0.05, 0.1) is 6.42 Å². The molecule has 1 aliphatic carbocycles. The Morgan fingerprint density at radius 2 is 2.22 bits per heavy atom. The summed E-state index contributed by atoms with van der Waals surface area (Å²) in [5.41, 5.74) is 0.919. The van der Waals surface area contributed by atoms with Gasteiger partial charge < -0.3 is 5.11 Å². The van der Waals surface area contributed by atoms with Crippen molar-refractivity contribution in [3.63, 3.8) is 0 Å². The van der Waals surface area contributed by atoms with Crippen LogP contribution >= 0.6 is 27.7 Å². The predicted octanol–water partition coefficient (Wildman–Crippen LogP) is 4.08. The van der Waals surface area contributed by atoms with E-state index in [0.29, 0.717) is 5.75 Å². The summed E-state index contributed by atoms with van der Waals surface area (Å²) in [7, 11) is 0. The molecule has 98 valence electrons. The summed E-state index contributed by atoms with van der Waals surface area (Å²) in [5, 5.41) is 8.82. The molecular weight excluding hydrogens is 319 g/mol. The van der Waals surface area contributed by atoms with Crippen molar-refractivity contribution in [1.82, 2.24) is 0 Å². The van der Waals surface area contributed by atoms with Crippen LogP contribution in [0.2, 0.25) is 0 Å². The van der Waals surface area contributed by atoms with Crippen LogP contribution in [0.1, 0.15) is 24.8 Å². The fourth-order valence-electron chi connectivity index (χ4n) is 1.90. The van der Waals surface area contributed by atoms with Crippen molar-refractivity contribution in [2.75, 3.05) is 5.75 Å². The summed E-state index contributed by atoms with van der Waals surface area (Å²) in [5.74, 6) is 0.586. The Kier molecular flexibility index (Phi) is 4.33. The van der Waals surface area contributed by atoms with Gasteiger partial charge in [-0.1, -0.05) is 15.9 Å². The van der Waals surface area contributed by atoms with Gasteiger partial charge in [0, 0.05) is 10.2 Å². The van der Waals surface area contributed by atoms with Gasteiger partial charge in [0.15, 0.2) is 0 Å². The number of carbonyl (C=O) groups is 1. The van der Waals surface area contributed by atoms with E-state index in [1.54, 1.807) is 17.8 Å². The first-order valence-electron chi connectivity index (χ1n) is 5.74. The zero-order valence-corrected chi connectivity index (χ0v) is 12.2. The van der Waals surface area contributed by atoms with Crippen LogP contribution in [0.5, 0.6) is 0 Å². The highest BCUT2D eigenvalue weighted by atomic mass is 79.9. The minimum Gasteiger partial charge on any atom is -0.481 e. The third kappa shape index (κ3) is 3.72. The van der Waals surface area contributed by atoms with Gasteiger partial charge in [-0.05, 0) is 47.8 Å². The van der Waals surface area contributed by atoms with Crippen LogP contribution in [0, 0.1) is 11.2 Å². The second kappa shape index (κ2) is 5.61. The van der Waals surface area contributed by atoms with Crippen LogP contribution in [-0.4, -0.2) is 16.8 Å². The standard InChI is InChI=1S/C13H14BrFO2S/c14-11-2-1-10(15)5-9(11)7-18-8-13(3-4-13)6-12(16)17/h1-2,5H,3-4,6-8H2,(H,16,17). The molecule has 1 aliphatic rings. The number of carboxylic acids is 1. The van der Waals surface area contributed by atoms with Crippen molar-refractivity contribution in [2.24, 2.45) is 5.41 Å². The molecule has 1 saturated carbocycles. The fourth-order valence-corrected chi connectivity index (χ4v) is 3.86. The summed E-state index contributed by atoms with van der Waals surface area (Å²) in [6.45, 7) is 0. The van der Waals surface area contributed by atoms with Crippen molar-refractivity contribution in [3.05, 3.63) is 34.1 Å². The first-order chi connectivity index (χ1) is 8.51. The maximum atomic E-state index is 13.1. The Morgan fingerprint density at radius 1 is 1.50 bits per heavy atom. The van der Waals surface area contributed by atoms with Gasteiger partial charge in [0.1, 0.15) is 5.82 Å². The van der Waals surface area contributed by atoms with Crippen molar-refractivity contribution in [1.29, 1.82) is 0 Å². The first-order valence-corrected chi connectivity index (χ1v) is 7.69. The highest BCUT2D eigenvalue weighted by Crippen LogP contribution is 2.51. The Labute approximate surface area is 118 Å². The van der Waals surface area contributed by atoms with Crippen LogP contribution in [0.15, 0.2) is 22.7 Å². The minimum atomic E-state index is -0.722. The third-order valence-electron chi connectivity index (χ3n) is 3.16. The van der Waals surface area contributed by atoms with E-state index < -0.39 is 5.97 Å². The average molecular weight is 333 g/mol. The maximum Gasteiger partial charge on any atom is 0.303 e. The van der Waals surface area contributed by atoms with E-state index in [4.69, 9.17) is 5.11 Å². The van der Waals surface area contributed by atoms with E-state index in [9.17, 15) is 9.18 Å². The Bertz CT molecular complexity index is 460. The fraction of sp³-hybridized carbons (Fsp3) is 0.462. The summed E-state index contributed by atoms with van der Waals surface area (Å²) in [6.07, 6.45) is 2.25. The number of carboxylic acid groups (broad SMARTS) is 1. The Hall–Kier alpha value is -0.550. The highest BCUT2D eigenvalue weighted by Gasteiger charge is 2.44. The van der Waals surface area contributed by atoms with Gasteiger partial charge in [0.2, 0.25) is 0 Å². The zero-order valence-electron chi connectivity index (χ0n) is 9.79. The lowest BCUT2D eigenvalue weighted by atomic mass is 10.1. The van der Waals surface area contributed by atoms with Crippen molar-refractivity contribution >= 4 is 33.7 Å². The summed E-state index contributed by atoms with van der Waals surface area (Å²) in [4.78, 5) is 10.7. The second-order valence-electron chi connectivity index (χ2n) is 4.80. The van der Waals surface area contributed by atoms with Crippen LogP contribution < -0.4 is 0 Å². The minimum absolute atomic E-state index is 0.00367. The van der Waals surface area contributed by atoms with E-state index in [-0.39, 0.29) is 17.7 Å². The van der Waals surface area contributed by atoms with Crippen molar-refractivity contribution < 1.29 is 14.3 Å². The van der Waals surface area contributed by atoms with Crippen LogP contribution in [-0.2, 0) is 10.5 Å². The molecule has 1 N–H and O–H groups in total. The summed E-state index contributed by atoms with van der Waals surface area (Å²) >= 11 is 5.07. The molecule has 1 aromatic carbocycles. The monoisotopic (exact) mass is 332 g/mol. The topological polar surface area (TPSA) is 37.3 Å². The Morgan fingerprint density at radius 3 is 2.83 bits per heavy atom. The Balaban J connectivity index is 1.85. The second-order valence-corrected chi connectivity index (χ2v) is 6.64. The molecule has 0 aromatic heterocycles. The largest absolute Gasteiger partial charge is 0.481 e. The quantitative estimate of drug-likeness (QED) is 0.852. The van der Waals surface area contributed by atoms with E-state index in [0.717, 1.165) is 28.6 Å². The number of hydrogen-bond donors (Lipinski definition) is 1. The van der Waals surface area contributed by atoms with Crippen molar-refractivity contribution in [2.45, 2.75) is 25.0 Å². The van der Waals surface area contributed by atoms with Gasteiger partial charge >= 0.3 is 5.97 Å². The van der Waals surface area contributed by atoms with Crippen molar-refractivity contribution in [3.8, 4) is 0 Å². The van der Waals surface area contributed by atoms with E-state index in [2.05, 4.69) is 15.9 Å².